The molecule has 0 bridgehead atoms. The molecule has 0 saturated heterocycles. The quantitative estimate of drug-likeness (QED) is 0.530. The molecule has 0 unspecified atom stereocenters. The third-order valence-electron chi connectivity index (χ3n) is 2.02. The minimum Gasteiger partial charge on any atom is -0.391 e. The van der Waals surface area contributed by atoms with Crippen LogP contribution < -0.4 is 5.32 Å². The lowest BCUT2D eigenvalue weighted by Gasteiger charge is -2.24. The molecule has 1 N–H and O–H groups in total. The van der Waals surface area contributed by atoms with Crippen molar-refractivity contribution in [3.8, 4) is 0 Å². The Morgan fingerprint density at radius 3 is 2.07 bits per heavy atom. The van der Waals surface area contributed by atoms with Crippen LogP contribution in [0.5, 0.6) is 0 Å². The third-order valence-corrected chi connectivity index (χ3v) is 4.85. The van der Waals surface area contributed by atoms with E-state index in [1.54, 1.807) is 21.3 Å². The number of hydrogen-bond acceptors (Lipinski definition) is 4. The fraction of sp³-hybridized carbons (Fsp3) is 0.778. The first-order valence-electron chi connectivity index (χ1n) is 4.74. The maximum atomic E-state index is 5.29. The summed E-state index contributed by atoms with van der Waals surface area (Å²) in [6, 6.07) is 0.834. The molecule has 0 aliphatic carbocycles. The average Bonchev–Trinajstić information content (AvgIpc) is 2.24. The van der Waals surface area contributed by atoms with Crippen molar-refractivity contribution in [1.29, 1.82) is 0 Å². The molecule has 0 atom stereocenters. The Morgan fingerprint density at radius 2 is 1.67 bits per heavy atom. The van der Waals surface area contributed by atoms with Crippen LogP contribution in [0, 0.1) is 0 Å². The second-order valence-electron chi connectivity index (χ2n) is 2.85. The van der Waals surface area contributed by atoms with Gasteiger partial charge in [-0.05, 0) is 19.5 Å². The van der Waals surface area contributed by atoms with Gasteiger partial charge in [0.2, 0.25) is 0 Å². The molecule has 4 nitrogen and oxygen atoms in total. The smallest absolute Gasteiger partial charge is 0.391 e. The van der Waals surface area contributed by atoms with Crippen LogP contribution in [0.25, 0.3) is 0 Å². The maximum absolute atomic E-state index is 5.29. The van der Waals surface area contributed by atoms with Crippen LogP contribution in [0.15, 0.2) is 12.3 Å². The molecule has 6 heteroatoms. The normalized spacial score (nSPS) is 11.5. The minimum atomic E-state index is -2.34. The Balaban J connectivity index is 0. The Labute approximate surface area is 99.8 Å². The first-order valence-corrected chi connectivity index (χ1v) is 6.68. The van der Waals surface area contributed by atoms with Gasteiger partial charge in [-0.25, -0.2) is 0 Å². The molecule has 0 spiro atoms. The average molecular weight is 256 g/mol. The second-order valence-corrected chi connectivity index (χ2v) is 5.94. The molecular weight excluding hydrogens is 234 g/mol. The van der Waals surface area contributed by atoms with E-state index in [1.807, 2.05) is 19.2 Å². The fourth-order valence-corrected chi connectivity index (χ4v) is 2.89. The van der Waals surface area contributed by atoms with Crippen LogP contribution in [-0.2, 0) is 13.3 Å². The first-order chi connectivity index (χ1) is 6.74. The monoisotopic (exact) mass is 255 g/mol. The van der Waals surface area contributed by atoms with Crippen molar-refractivity contribution in [3.63, 3.8) is 0 Å². The van der Waals surface area contributed by atoms with E-state index in [2.05, 4.69) is 5.32 Å². The summed E-state index contributed by atoms with van der Waals surface area (Å²) in [7, 11) is 2.57. The van der Waals surface area contributed by atoms with Gasteiger partial charge < -0.3 is 18.6 Å². The molecule has 0 fully saturated rings. The highest BCUT2D eigenvalue weighted by atomic mass is 35.5. The molecular formula is C9H22ClNO3Si. The topological polar surface area (TPSA) is 39.7 Å². The van der Waals surface area contributed by atoms with Crippen LogP contribution in [0.3, 0.4) is 0 Å². The highest BCUT2D eigenvalue weighted by Crippen LogP contribution is 2.14. The van der Waals surface area contributed by atoms with Crippen molar-refractivity contribution >= 4 is 21.2 Å². The first kappa shape index (κ1) is 17.3. The summed E-state index contributed by atoms with van der Waals surface area (Å²) < 4.78 is 15.9. The summed E-state index contributed by atoms with van der Waals surface area (Å²) in [6.07, 6.45) is 4.87. The van der Waals surface area contributed by atoms with Gasteiger partial charge in [0.25, 0.3) is 0 Å². The Bertz CT molecular complexity index is 157. The van der Waals surface area contributed by atoms with Gasteiger partial charge in [0.15, 0.2) is 0 Å². The molecule has 0 rings (SSSR count). The number of hydrogen-bond donors (Lipinski definition) is 1. The molecule has 0 aromatic carbocycles. The highest BCUT2D eigenvalue weighted by molar-refractivity contribution is 6.60. The summed E-state index contributed by atoms with van der Waals surface area (Å²) in [5.41, 5.74) is 0. The van der Waals surface area contributed by atoms with Gasteiger partial charge in [-0.1, -0.05) is 6.08 Å². The zero-order chi connectivity index (χ0) is 10.9. The van der Waals surface area contributed by atoms with E-state index >= 15 is 0 Å². The van der Waals surface area contributed by atoms with Gasteiger partial charge in [-0.2, -0.15) is 0 Å². The fourth-order valence-electron chi connectivity index (χ4n) is 1.16. The largest absolute Gasteiger partial charge is 0.500 e. The van der Waals surface area contributed by atoms with E-state index in [0.717, 1.165) is 19.0 Å². The van der Waals surface area contributed by atoms with Gasteiger partial charge in [0, 0.05) is 33.9 Å². The van der Waals surface area contributed by atoms with Crippen LogP contribution in [0.4, 0.5) is 0 Å². The Kier molecular flexibility index (Phi) is 12.1. The van der Waals surface area contributed by atoms with Crippen LogP contribution in [-0.4, -0.2) is 36.7 Å². The van der Waals surface area contributed by atoms with Gasteiger partial charge in [-0.3, -0.25) is 0 Å². The predicted octanol–water partition coefficient (Wildman–Crippen LogP) is 1.80. The second kappa shape index (κ2) is 10.4. The predicted molar refractivity (Wildman–Crippen MR) is 66.3 cm³/mol. The minimum absolute atomic E-state index is 0. The summed E-state index contributed by atoms with van der Waals surface area (Å²) in [6.45, 7) is 2.89. The number of halogens is 1. The highest BCUT2D eigenvalue weighted by Gasteiger charge is 2.36. The lowest BCUT2D eigenvalue weighted by Crippen LogP contribution is -2.43. The Hall–Kier alpha value is -0.0731. The van der Waals surface area contributed by atoms with Crippen LogP contribution in [0.2, 0.25) is 6.04 Å². The molecule has 0 aromatic rings. The van der Waals surface area contributed by atoms with Crippen molar-refractivity contribution in [3.05, 3.63) is 12.3 Å². The Morgan fingerprint density at radius 1 is 1.13 bits per heavy atom. The maximum Gasteiger partial charge on any atom is 0.500 e. The SMILES string of the molecule is CC=CNCCC[Si](OC)(OC)OC.Cl. The van der Waals surface area contributed by atoms with Crippen LogP contribution >= 0.6 is 12.4 Å². The van der Waals surface area contributed by atoms with E-state index in [9.17, 15) is 0 Å². The molecule has 0 radical (unpaired) electrons. The van der Waals surface area contributed by atoms with Gasteiger partial charge in [-0.15, -0.1) is 12.4 Å². The summed E-state index contributed by atoms with van der Waals surface area (Å²) in [4.78, 5) is 0. The molecule has 15 heavy (non-hydrogen) atoms. The third kappa shape index (κ3) is 6.91. The lowest BCUT2D eigenvalue weighted by molar-refractivity contribution is 0.123. The van der Waals surface area contributed by atoms with Crippen molar-refractivity contribution < 1.29 is 13.3 Å². The van der Waals surface area contributed by atoms with Gasteiger partial charge in [0.05, 0.1) is 0 Å². The van der Waals surface area contributed by atoms with E-state index < -0.39 is 8.80 Å². The number of allylic oxidation sites excluding steroid dienone is 1. The lowest BCUT2D eigenvalue weighted by atomic mass is 10.5. The van der Waals surface area contributed by atoms with Crippen molar-refractivity contribution in [2.45, 2.75) is 19.4 Å². The van der Waals surface area contributed by atoms with E-state index in [4.69, 9.17) is 13.3 Å². The van der Waals surface area contributed by atoms with E-state index in [1.165, 1.54) is 0 Å². The van der Waals surface area contributed by atoms with E-state index in [0.29, 0.717) is 0 Å². The molecule has 0 amide bonds. The summed E-state index contributed by atoms with van der Waals surface area (Å²) in [5.74, 6) is 0. The molecule has 0 aliphatic rings. The van der Waals surface area contributed by atoms with E-state index in [-0.39, 0.29) is 12.4 Å². The zero-order valence-electron chi connectivity index (χ0n) is 9.91. The molecule has 0 saturated carbocycles. The van der Waals surface area contributed by atoms with Crippen molar-refractivity contribution in [1.82, 2.24) is 5.32 Å². The number of nitrogens with one attached hydrogen (secondary N) is 1. The van der Waals surface area contributed by atoms with Crippen LogP contribution in [0.1, 0.15) is 13.3 Å². The number of rotatable bonds is 8. The summed E-state index contributed by atoms with van der Waals surface area (Å²) in [5, 5.41) is 3.15. The van der Waals surface area contributed by atoms with Crippen molar-refractivity contribution in [2.75, 3.05) is 27.9 Å². The molecule has 0 aliphatic heterocycles. The van der Waals surface area contributed by atoms with Crippen molar-refractivity contribution in [2.24, 2.45) is 0 Å². The summed E-state index contributed by atoms with van der Waals surface area (Å²) >= 11 is 0. The molecule has 92 valence electrons. The molecule has 0 aromatic heterocycles. The van der Waals surface area contributed by atoms with Gasteiger partial charge in [0.1, 0.15) is 0 Å². The molecule has 0 heterocycles. The standard InChI is InChI=1S/C9H21NO3Si.ClH/c1-5-7-10-8-6-9-14(11-2,12-3)13-4;/h5,7,10H,6,8-9H2,1-4H3;1H. The van der Waals surface area contributed by atoms with Gasteiger partial charge >= 0.3 is 8.80 Å². The zero-order valence-corrected chi connectivity index (χ0v) is 11.7.